The van der Waals surface area contributed by atoms with Gasteiger partial charge in [-0.1, -0.05) is 19.9 Å². The van der Waals surface area contributed by atoms with E-state index in [0.717, 1.165) is 23.7 Å². The molecule has 3 rings (SSSR count). The van der Waals surface area contributed by atoms with Crippen molar-refractivity contribution < 1.29 is 4.79 Å². The lowest BCUT2D eigenvalue weighted by Crippen LogP contribution is -2.48. The van der Waals surface area contributed by atoms with Crippen LogP contribution in [0, 0.1) is 0 Å². The van der Waals surface area contributed by atoms with E-state index >= 15 is 0 Å². The topological polar surface area (TPSA) is 58.1 Å². The molecule has 22 heavy (non-hydrogen) atoms. The molecule has 6 heteroatoms. The number of aromatic nitrogens is 2. The Morgan fingerprint density at radius 1 is 1.50 bits per heavy atom. The van der Waals surface area contributed by atoms with E-state index in [0.29, 0.717) is 18.2 Å². The van der Waals surface area contributed by atoms with Gasteiger partial charge in [0.2, 0.25) is 0 Å². The number of rotatable bonds is 3. The number of hydrogen-bond acceptors (Lipinski definition) is 5. The fourth-order valence-electron chi connectivity index (χ4n) is 2.62. The van der Waals surface area contributed by atoms with Gasteiger partial charge in [-0.15, -0.1) is 11.3 Å². The fraction of sp³-hybridized carbons (Fsp3) is 0.438. The molecular formula is C16H20N4OS. The van der Waals surface area contributed by atoms with Crippen molar-refractivity contribution in [2.24, 2.45) is 0 Å². The van der Waals surface area contributed by atoms with Crippen LogP contribution in [0.3, 0.4) is 0 Å². The van der Waals surface area contributed by atoms with Gasteiger partial charge in [0.25, 0.3) is 5.91 Å². The third kappa shape index (κ3) is 3.03. The van der Waals surface area contributed by atoms with E-state index in [1.54, 1.807) is 17.5 Å². The van der Waals surface area contributed by atoms with Gasteiger partial charge in [0.15, 0.2) is 0 Å². The first-order chi connectivity index (χ1) is 10.7. The van der Waals surface area contributed by atoms with Crippen LogP contribution in [0.2, 0.25) is 0 Å². The normalized spacial score (nSPS) is 18.7. The summed E-state index contributed by atoms with van der Waals surface area (Å²) >= 11 is 1.56. The zero-order valence-corrected chi connectivity index (χ0v) is 13.6. The Labute approximate surface area is 134 Å². The third-order valence-corrected chi connectivity index (χ3v) is 4.95. The molecule has 116 valence electrons. The second kappa shape index (κ2) is 6.54. The second-order valence-corrected chi connectivity index (χ2v) is 6.62. The summed E-state index contributed by atoms with van der Waals surface area (Å²) in [6, 6.07) is 3.94. The molecule has 1 saturated heterocycles. The van der Waals surface area contributed by atoms with Gasteiger partial charge in [-0.25, -0.2) is 4.98 Å². The summed E-state index contributed by atoms with van der Waals surface area (Å²) in [7, 11) is 0. The van der Waals surface area contributed by atoms with Crippen LogP contribution in [0.15, 0.2) is 29.9 Å². The number of pyridine rings is 1. The molecule has 2 aromatic heterocycles. The monoisotopic (exact) mass is 316 g/mol. The van der Waals surface area contributed by atoms with Crippen molar-refractivity contribution in [3.63, 3.8) is 0 Å². The molecular weight excluding hydrogens is 296 g/mol. The molecule has 0 aliphatic carbocycles. The summed E-state index contributed by atoms with van der Waals surface area (Å²) in [6.07, 6.45) is 3.58. The fourth-order valence-corrected chi connectivity index (χ4v) is 3.43. The average Bonchev–Trinajstić information content (AvgIpc) is 3.05. The quantitative estimate of drug-likeness (QED) is 0.945. The zero-order chi connectivity index (χ0) is 15.5. The van der Waals surface area contributed by atoms with Gasteiger partial charge in [-0.2, -0.15) is 0 Å². The summed E-state index contributed by atoms with van der Waals surface area (Å²) in [5.41, 5.74) is 1.62. The Hall–Kier alpha value is -1.79. The molecule has 1 aliphatic rings. The van der Waals surface area contributed by atoms with Gasteiger partial charge in [0.1, 0.15) is 5.69 Å². The minimum atomic E-state index is 0.0125. The van der Waals surface area contributed by atoms with Crippen LogP contribution in [0.1, 0.15) is 46.9 Å². The Morgan fingerprint density at radius 2 is 2.36 bits per heavy atom. The Balaban J connectivity index is 1.85. The summed E-state index contributed by atoms with van der Waals surface area (Å²) in [5, 5.41) is 6.24. The third-order valence-electron chi connectivity index (χ3n) is 3.81. The predicted octanol–water partition coefficient (Wildman–Crippen LogP) is 2.45. The van der Waals surface area contributed by atoms with Crippen molar-refractivity contribution in [3.05, 3.63) is 46.2 Å². The van der Waals surface area contributed by atoms with Gasteiger partial charge in [0, 0.05) is 43.3 Å². The molecule has 1 unspecified atom stereocenters. The maximum atomic E-state index is 12.8. The van der Waals surface area contributed by atoms with Crippen LogP contribution in [-0.2, 0) is 0 Å². The maximum absolute atomic E-state index is 12.8. The average molecular weight is 316 g/mol. The van der Waals surface area contributed by atoms with Crippen LogP contribution in [0.4, 0.5) is 0 Å². The Kier molecular flexibility index (Phi) is 4.49. The van der Waals surface area contributed by atoms with E-state index in [1.807, 2.05) is 28.6 Å². The molecule has 1 atom stereocenters. The van der Waals surface area contributed by atoms with Gasteiger partial charge in [0.05, 0.1) is 11.0 Å². The minimum Gasteiger partial charge on any atom is -0.328 e. The van der Waals surface area contributed by atoms with E-state index in [9.17, 15) is 4.79 Å². The smallest absolute Gasteiger partial charge is 0.273 e. The molecule has 0 aromatic carbocycles. The van der Waals surface area contributed by atoms with Crippen LogP contribution in [0.25, 0.3) is 0 Å². The van der Waals surface area contributed by atoms with Crippen molar-refractivity contribution in [3.8, 4) is 0 Å². The van der Waals surface area contributed by atoms with Crippen molar-refractivity contribution in [1.29, 1.82) is 0 Å². The first-order valence-corrected chi connectivity index (χ1v) is 8.42. The first kappa shape index (κ1) is 15.1. The van der Waals surface area contributed by atoms with E-state index in [-0.39, 0.29) is 11.9 Å². The molecule has 0 radical (unpaired) electrons. The maximum Gasteiger partial charge on any atom is 0.273 e. The van der Waals surface area contributed by atoms with Crippen LogP contribution in [-0.4, -0.2) is 40.4 Å². The largest absolute Gasteiger partial charge is 0.328 e. The first-order valence-electron chi connectivity index (χ1n) is 7.54. The number of hydrogen-bond donors (Lipinski definition) is 1. The van der Waals surface area contributed by atoms with Crippen molar-refractivity contribution in [2.75, 3.05) is 19.6 Å². The number of carbonyl (C=O) groups is 1. The highest BCUT2D eigenvalue weighted by Gasteiger charge is 2.30. The van der Waals surface area contributed by atoms with E-state index in [2.05, 4.69) is 29.1 Å². The molecule has 1 N–H and O–H groups in total. The van der Waals surface area contributed by atoms with Gasteiger partial charge < -0.3 is 10.2 Å². The highest BCUT2D eigenvalue weighted by Crippen LogP contribution is 2.25. The summed E-state index contributed by atoms with van der Waals surface area (Å²) in [5.74, 6) is 0.363. The van der Waals surface area contributed by atoms with E-state index in [1.165, 1.54) is 0 Å². The lowest BCUT2D eigenvalue weighted by Gasteiger charge is -2.36. The highest BCUT2D eigenvalue weighted by atomic mass is 32.1. The predicted molar refractivity (Wildman–Crippen MR) is 87.1 cm³/mol. The molecule has 1 aliphatic heterocycles. The van der Waals surface area contributed by atoms with E-state index < -0.39 is 0 Å². The SMILES string of the molecule is CC(C)c1nc(C(=O)N2CCNCC2c2cccnc2)cs1. The molecule has 1 fully saturated rings. The summed E-state index contributed by atoms with van der Waals surface area (Å²) in [4.78, 5) is 23.4. The van der Waals surface area contributed by atoms with Crippen LogP contribution >= 0.6 is 11.3 Å². The van der Waals surface area contributed by atoms with Crippen molar-refractivity contribution in [2.45, 2.75) is 25.8 Å². The van der Waals surface area contributed by atoms with Gasteiger partial charge in [-0.05, 0) is 11.6 Å². The Morgan fingerprint density at radius 3 is 3.05 bits per heavy atom. The molecule has 5 nitrogen and oxygen atoms in total. The number of amides is 1. The molecule has 1 amide bonds. The van der Waals surface area contributed by atoms with Gasteiger partial charge >= 0.3 is 0 Å². The highest BCUT2D eigenvalue weighted by molar-refractivity contribution is 7.09. The number of piperazine rings is 1. The summed E-state index contributed by atoms with van der Waals surface area (Å²) < 4.78 is 0. The standard InChI is InChI=1S/C16H20N4OS/c1-11(2)15-19-13(10-22-15)16(21)20-7-6-18-9-14(20)12-4-3-5-17-8-12/h3-5,8,10-11,14,18H,6-7,9H2,1-2H3. The lowest BCUT2D eigenvalue weighted by atomic mass is 10.0. The van der Waals surface area contributed by atoms with Crippen molar-refractivity contribution in [1.82, 2.24) is 20.2 Å². The van der Waals surface area contributed by atoms with Crippen LogP contribution in [0.5, 0.6) is 0 Å². The molecule has 0 spiro atoms. The molecule has 0 saturated carbocycles. The molecule has 0 bridgehead atoms. The van der Waals surface area contributed by atoms with Gasteiger partial charge in [-0.3, -0.25) is 9.78 Å². The number of nitrogens with one attached hydrogen (secondary N) is 1. The number of carbonyl (C=O) groups excluding carboxylic acids is 1. The van der Waals surface area contributed by atoms with E-state index in [4.69, 9.17) is 0 Å². The molecule has 3 heterocycles. The second-order valence-electron chi connectivity index (χ2n) is 5.73. The van der Waals surface area contributed by atoms with Crippen LogP contribution < -0.4 is 5.32 Å². The van der Waals surface area contributed by atoms with Crippen molar-refractivity contribution >= 4 is 17.2 Å². The lowest BCUT2D eigenvalue weighted by molar-refractivity contribution is 0.0628. The zero-order valence-electron chi connectivity index (χ0n) is 12.8. The summed E-state index contributed by atoms with van der Waals surface area (Å²) in [6.45, 7) is 6.43. The number of thiazole rings is 1. The Bertz CT molecular complexity index is 641. The minimum absolute atomic E-state index is 0.0125. The molecule has 2 aromatic rings. The number of nitrogens with zero attached hydrogens (tertiary/aromatic N) is 3.